The molecule has 3 rings (SSSR count). The summed E-state index contributed by atoms with van der Waals surface area (Å²) in [5.74, 6) is -1.31. The molecule has 4 nitrogen and oxygen atoms in total. The second-order valence-corrected chi connectivity index (χ2v) is 6.30. The molecular weight excluding hydrogens is 367 g/mol. The Labute approximate surface area is 132 Å². The Morgan fingerprint density at radius 2 is 2.18 bits per heavy atom. The molecular formula is C14H11BrF3NO3. The topological polar surface area (TPSA) is 46.6 Å². The average Bonchev–Trinajstić information content (AvgIpc) is 3.19. The highest BCUT2D eigenvalue weighted by Gasteiger charge is 2.76. The lowest BCUT2D eigenvalue weighted by Gasteiger charge is -2.34. The molecule has 1 saturated carbocycles. The van der Waals surface area contributed by atoms with Crippen molar-refractivity contribution < 1.29 is 27.5 Å². The van der Waals surface area contributed by atoms with Gasteiger partial charge in [0.2, 0.25) is 0 Å². The number of methoxy groups -OCH3 is 1. The van der Waals surface area contributed by atoms with E-state index in [4.69, 9.17) is 0 Å². The number of halogens is 4. The number of carbonyl (C=O) groups excluding carboxylic acids is 2. The Balaban J connectivity index is 2.12. The third-order valence-corrected chi connectivity index (χ3v) is 4.78. The van der Waals surface area contributed by atoms with Gasteiger partial charge in [-0.25, -0.2) is 0 Å². The SMILES string of the molecule is COC(=O)CN1C(=O)c2ccc(Br)cc2[C@]2(C(F)(F)F)C[C@H]12. The summed E-state index contributed by atoms with van der Waals surface area (Å²) >= 11 is 3.15. The van der Waals surface area contributed by atoms with Crippen LogP contribution in [0.4, 0.5) is 13.2 Å². The van der Waals surface area contributed by atoms with Crippen LogP contribution in [-0.2, 0) is 14.9 Å². The molecule has 0 spiro atoms. The van der Waals surface area contributed by atoms with Crippen LogP contribution in [0.1, 0.15) is 22.3 Å². The molecule has 1 heterocycles. The Hall–Kier alpha value is -1.57. The second-order valence-electron chi connectivity index (χ2n) is 5.39. The van der Waals surface area contributed by atoms with Crippen LogP contribution in [-0.4, -0.2) is 42.6 Å². The Bertz CT molecular complexity index is 676. The number of hydrogen-bond acceptors (Lipinski definition) is 3. The molecule has 1 aliphatic heterocycles. The summed E-state index contributed by atoms with van der Waals surface area (Å²) in [5, 5.41) is 0. The standard InChI is InChI=1S/C14H11BrF3NO3/c1-22-11(20)6-19-10-5-13(10,14(16,17)18)9-4-7(15)2-3-8(9)12(19)21/h2-4,10H,5-6H2,1H3/t10-,13+/m0/s1. The molecule has 1 aliphatic carbocycles. The van der Waals surface area contributed by atoms with E-state index in [1.165, 1.54) is 18.2 Å². The van der Waals surface area contributed by atoms with Crippen LogP contribution in [0.2, 0.25) is 0 Å². The molecule has 0 N–H and O–H groups in total. The van der Waals surface area contributed by atoms with Crippen molar-refractivity contribution in [3.8, 4) is 0 Å². The smallest absolute Gasteiger partial charge is 0.400 e. The fraction of sp³-hybridized carbons (Fsp3) is 0.429. The number of nitrogens with zero attached hydrogens (tertiary/aromatic N) is 1. The van der Waals surface area contributed by atoms with Gasteiger partial charge in [0.1, 0.15) is 12.0 Å². The molecule has 1 aromatic carbocycles. The van der Waals surface area contributed by atoms with E-state index >= 15 is 0 Å². The van der Waals surface area contributed by atoms with E-state index in [1.54, 1.807) is 0 Å². The number of benzene rings is 1. The predicted molar refractivity (Wildman–Crippen MR) is 73.3 cm³/mol. The number of rotatable bonds is 2. The fourth-order valence-corrected chi connectivity index (χ4v) is 3.48. The first-order chi connectivity index (χ1) is 10.2. The quantitative estimate of drug-likeness (QED) is 0.744. The molecule has 0 aromatic heterocycles. The summed E-state index contributed by atoms with van der Waals surface area (Å²) < 4.78 is 45.8. The summed E-state index contributed by atoms with van der Waals surface area (Å²) in [6.45, 7) is -0.479. The van der Waals surface area contributed by atoms with Crippen LogP contribution in [0.3, 0.4) is 0 Å². The third-order valence-electron chi connectivity index (χ3n) is 4.29. The average molecular weight is 378 g/mol. The highest BCUT2D eigenvalue weighted by molar-refractivity contribution is 9.10. The number of carbonyl (C=O) groups is 2. The summed E-state index contributed by atoms with van der Waals surface area (Å²) in [4.78, 5) is 24.8. The largest absolute Gasteiger partial charge is 0.468 e. The molecule has 0 saturated heterocycles. The van der Waals surface area contributed by atoms with Crippen molar-refractivity contribution in [3.05, 3.63) is 33.8 Å². The van der Waals surface area contributed by atoms with Crippen molar-refractivity contribution in [2.45, 2.75) is 24.1 Å². The summed E-state index contributed by atoms with van der Waals surface area (Å²) in [6, 6.07) is 3.16. The molecule has 0 unspecified atom stereocenters. The molecule has 1 aromatic rings. The Morgan fingerprint density at radius 3 is 2.77 bits per heavy atom. The van der Waals surface area contributed by atoms with Gasteiger partial charge in [0.25, 0.3) is 5.91 Å². The van der Waals surface area contributed by atoms with Gasteiger partial charge in [0, 0.05) is 10.0 Å². The maximum atomic E-state index is 13.6. The van der Waals surface area contributed by atoms with E-state index < -0.39 is 36.1 Å². The number of hydrogen-bond donors (Lipinski definition) is 0. The lowest BCUT2D eigenvalue weighted by molar-refractivity contribution is -0.167. The molecule has 1 fully saturated rings. The normalized spacial score (nSPS) is 26.3. The van der Waals surface area contributed by atoms with Crippen LogP contribution in [0.25, 0.3) is 0 Å². The minimum absolute atomic E-state index is 0.0156. The van der Waals surface area contributed by atoms with E-state index in [-0.39, 0.29) is 17.5 Å². The van der Waals surface area contributed by atoms with Crippen LogP contribution >= 0.6 is 15.9 Å². The second kappa shape index (κ2) is 4.71. The van der Waals surface area contributed by atoms with Gasteiger partial charge in [0.05, 0.1) is 13.2 Å². The first kappa shape index (κ1) is 15.3. The van der Waals surface area contributed by atoms with Crippen LogP contribution in [0, 0.1) is 0 Å². The monoisotopic (exact) mass is 377 g/mol. The number of esters is 1. The summed E-state index contributed by atoms with van der Waals surface area (Å²) in [5.41, 5.74) is -2.13. The fourth-order valence-electron chi connectivity index (χ4n) is 3.12. The highest BCUT2D eigenvalue weighted by atomic mass is 79.9. The molecule has 2 aliphatic rings. The van der Waals surface area contributed by atoms with Crippen molar-refractivity contribution in [1.82, 2.24) is 4.90 Å². The maximum absolute atomic E-state index is 13.6. The zero-order valence-corrected chi connectivity index (χ0v) is 13.0. The van der Waals surface area contributed by atoms with E-state index in [0.717, 1.165) is 12.0 Å². The molecule has 118 valence electrons. The van der Waals surface area contributed by atoms with Gasteiger partial charge < -0.3 is 9.64 Å². The Kier molecular flexibility index (Phi) is 3.28. The van der Waals surface area contributed by atoms with Crippen molar-refractivity contribution >= 4 is 27.8 Å². The van der Waals surface area contributed by atoms with E-state index in [2.05, 4.69) is 20.7 Å². The molecule has 0 radical (unpaired) electrons. The van der Waals surface area contributed by atoms with E-state index in [1.807, 2.05) is 0 Å². The van der Waals surface area contributed by atoms with Gasteiger partial charge in [-0.05, 0) is 30.2 Å². The lowest BCUT2D eigenvalue weighted by Crippen LogP contribution is -2.49. The van der Waals surface area contributed by atoms with Crippen molar-refractivity contribution in [2.24, 2.45) is 0 Å². The first-order valence-electron chi connectivity index (χ1n) is 6.47. The van der Waals surface area contributed by atoms with Gasteiger partial charge in [-0.1, -0.05) is 15.9 Å². The number of alkyl halides is 3. The predicted octanol–water partition coefficient (Wildman–Crippen LogP) is 2.65. The van der Waals surface area contributed by atoms with Crippen molar-refractivity contribution in [2.75, 3.05) is 13.7 Å². The number of fused-ring (bicyclic) bond motifs is 3. The zero-order valence-electron chi connectivity index (χ0n) is 11.4. The minimum Gasteiger partial charge on any atom is -0.468 e. The van der Waals surface area contributed by atoms with E-state index in [9.17, 15) is 22.8 Å². The lowest BCUT2D eigenvalue weighted by atomic mass is 9.86. The van der Waals surface area contributed by atoms with Crippen molar-refractivity contribution in [1.29, 1.82) is 0 Å². The molecule has 0 bridgehead atoms. The van der Waals surface area contributed by atoms with Gasteiger partial charge >= 0.3 is 12.1 Å². The van der Waals surface area contributed by atoms with Gasteiger partial charge in [0.15, 0.2) is 0 Å². The molecule has 22 heavy (non-hydrogen) atoms. The summed E-state index contributed by atoms with van der Waals surface area (Å²) in [7, 11) is 1.13. The van der Waals surface area contributed by atoms with Crippen LogP contribution in [0.5, 0.6) is 0 Å². The first-order valence-corrected chi connectivity index (χ1v) is 7.26. The van der Waals surface area contributed by atoms with E-state index in [0.29, 0.717) is 4.47 Å². The number of ether oxygens (including phenoxy) is 1. The summed E-state index contributed by atoms with van der Waals surface area (Å²) in [6.07, 6.45) is -4.73. The molecule has 8 heteroatoms. The van der Waals surface area contributed by atoms with Crippen LogP contribution < -0.4 is 0 Å². The van der Waals surface area contributed by atoms with Crippen LogP contribution in [0.15, 0.2) is 22.7 Å². The zero-order chi connectivity index (χ0) is 16.3. The third kappa shape index (κ3) is 1.96. The minimum atomic E-state index is -4.50. The molecule has 1 amide bonds. The van der Waals surface area contributed by atoms with Gasteiger partial charge in [-0.2, -0.15) is 13.2 Å². The van der Waals surface area contributed by atoms with Crippen molar-refractivity contribution in [3.63, 3.8) is 0 Å². The van der Waals surface area contributed by atoms with Gasteiger partial charge in [-0.3, -0.25) is 9.59 Å². The number of amides is 1. The maximum Gasteiger partial charge on any atom is 0.400 e. The highest BCUT2D eigenvalue weighted by Crippen LogP contribution is 2.64. The Morgan fingerprint density at radius 1 is 1.50 bits per heavy atom. The molecule has 2 atom stereocenters. The van der Waals surface area contributed by atoms with Gasteiger partial charge in [-0.15, -0.1) is 0 Å².